The highest BCUT2D eigenvalue weighted by Gasteiger charge is 2.28. The molecule has 0 atom stereocenters. The Labute approximate surface area is 397 Å². The summed E-state index contributed by atoms with van der Waals surface area (Å²) in [4.78, 5) is 16.1. The molecule has 0 unspecified atom stereocenters. The SMILES string of the molecule is c1ccc(-c2ccc(-n3c4ccccc4c4cc5c(c(-n6c7ccccc7c7ccccc76)c43)c3ccccc3n5-c3nc(-c4ccccc4)nc(-c4cccc(-c5ccccc5)c4)n3)cc2)cc1. The molecule has 69 heavy (non-hydrogen) atoms. The van der Waals surface area contributed by atoms with Crippen LogP contribution in [0.2, 0.25) is 0 Å². The van der Waals surface area contributed by atoms with Gasteiger partial charge in [0.1, 0.15) is 0 Å². The lowest BCUT2D eigenvalue weighted by Gasteiger charge is -2.17. The van der Waals surface area contributed by atoms with Gasteiger partial charge in [0.05, 0.1) is 38.8 Å². The Hall–Kier alpha value is -9.39. The van der Waals surface area contributed by atoms with Crippen molar-refractivity contribution in [1.29, 1.82) is 0 Å². The summed E-state index contributed by atoms with van der Waals surface area (Å²) in [5.74, 6) is 1.75. The van der Waals surface area contributed by atoms with Crippen LogP contribution in [0.1, 0.15) is 0 Å². The first-order valence-electron chi connectivity index (χ1n) is 23.4. The molecule has 4 aromatic heterocycles. The molecule has 6 nitrogen and oxygen atoms in total. The summed E-state index contributed by atoms with van der Waals surface area (Å²) in [6.07, 6.45) is 0. The summed E-state index contributed by atoms with van der Waals surface area (Å²) in [5.41, 5.74) is 15.1. The standard InChI is InChI=1S/C63H40N6/c1-4-19-41(20-5-1)43-35-37-47(38-36-43)67-53-31-14-12-29-50(53)52-40-57-58(60(59(52)67)68-54-32-15-10-27-48(54)49-28-11-16-33-55(49)68)51-30-13-17-34-56(51)69(57)63-65-61(44-23-8-3-9-24-44)64-62(66-63)46-26-18-25-45(39-46)42-21-6-2-7-22-42/h1-40H. The van der Waals surface area contributed by atoms with Gasteiger partial charge in [0.2, 0.25) is 5.95 Å². The van der Waals surface area contributed by atoms with Crippen molar-refractivity contribution in [2.45, 2.75) is 0 Å². The van der Waals surface area contributed by atoms with Crippen LogP contribution in [-0.4, -0.2) is 28.7 Å². The predicted molar refractivity (Wildman–Crippen MR) is 285 cm³/mol. The van der Waals surface area contributed by atoms with E-state index in [0.717, 1.165) is 88.3 Å². The van der Waals surface area contributed by atoms with Crippen molar-refractivity contribution in [2.75, 3.05) is 0 Å². The molecule has 4 heterocycles. The van der Waals surface area contributed by atoms with E-state index in [-0.39, 0.29) is 0 Å². The summed E-state index contributed by atoms with van der Waals surface area (Å²) < 4.78 is 7.24. The van der Waals surface area contributed by atoms with Gasteiger partial charge in [0.25, 0.3) is 0 Å². The van der Waals surface area contributed by atoms with Gasteiger partial charge in [-0.1, -0.05) is 194 Å². The van der Waals surface area contributed by atoms with Crippen LogP contribution in [0, 0.1) is 0 Å². The fraction of sp³-hybridized carbons (Fsp3) is 0. The molecule has 6 heteroatoms. The van der Waals surface area contributed by atoms with Crippen molar-refractivity contribution in [1.82, 2.24) is 28.7 Å². The monoisotopic (exact) mass is 880 g/mol. The molecule has 0 aliphatic rings. The summed E-state index contributed by atoms with van der Waals surface area (Å²) >= 11 is 0. The normalized spacial score (nSPS) is 11.8. The van der Waals surface area contributed by atoms with Crippen LogP contribution in [0.15, 0.2) is 243 Å². The maximum Gasteiger partial charge on any atom is 0.238 e. The Kier molecular flexibility index (Phi) is 8.79. The van der Waals surface area contributed by atoms with E-state index in [9.17, 15) is 0 Å². The molecule has 322 valence electrons. The molecule has 14 aromatic rings. The Morgan fingerprint density at radius 3 is 1.30 bits per heavy atom. The van der Waals surface area contributed by atoms with Gasteiger partial charge in [0.15, 0.2) is 11.6 Å². The van der Waals surface area contributed by atoms with E-state index in [1.807, 2.05) is 24.3 Å². The molecule has 0 amide bonds. The van der Waals surface area contributed by atoms with E-state index in [4.69, 9.17) is 15.0 Å². The Morgan fingerprint density at radius 2 is 0.696 bits per heavy atom. The molecular weight excluding hydrogens is 841 g/mol. The number of aromatic nitrogens is 6. The second-order valence-corrected chi connectivity index (χ2v) is 17.6. The van der Waals surface area contributed by atoms with Gasteiger partial charge < -0.3 is 9.13 Å². The fourth-order valence-electron chi connectivity index (χ4n) is 10.6. The van der Waals surface area contributed by atoms with Crippen LogP contribution < -0.4 is 0 Å². The van der Waals surface area contributed by atoms with Crippen LogP contribution in [0.4, 0.5) is 0 Å². The number of fused-ring (bicyclic) bond motifs is 9. The summed E-state index contributed by atoms with van der Waals surface area (Å²) in [6.45, 7) is 0. The van der Waals surface area contributed by atoms with Crippen LogP contribution >= 0.6 is 0 Å². The predicted octanol–water partition coefficient (Wildman–Crippen LogP) is 15.8. The van der Waals surface area contributed by atoms with Gasteiger partial charge >= 0.3 is 0 Å². The third-order valence-electron chi connectivity index (χ3n) is 13.7. The number of rotatable bonds is 7. The molecule has 0 spiro atoms. The van der Waals surface area contributed by atoms with E-state index >= 15 is 0 Å². The molecule has 0 fully saturated rings. The first kappa shape index (κ1) is 38.8. The maximum atomic E-state index is 5.46. The average molecular weight is 881 g/mol. The molecule has 14 rings (SSSR count). The highest BCUT2D eigenvalue weighted by atomic mass is 15.2. The zero-order valence-electron chi connectivity index (χ0n) is 37.3. The second-order valence-electron chi connectivity index (χ2n) is 17.6. The van der Waals surface area contributed by atoms with Gasteiger partial charge in [-0.2, -0.15) is 9.97 Å². The average Bonchev–Trinajstić information content (AvgIpc) is 4.07. The molecule has 0 radical (unpaired) electrons. The Morgan fingerprint density at radius 1 is 0.261 bits per heavy atom. The van der Waals surface area contributed by atoms with Crippen LogP contribution in [0.5, 0.6) is 0 Å². The van der Waals surface area contributed by atoms with Crippen LogP contribution in [0.3, 0.4) is 0 Å². The maximum absolute atomic E-state index is 5.46. The summed E-state index contributed by atoms with van der Waals surface area (Å²) in [5, 5.41) is 6.87. The number of nitrogens with zero attached hydrogens (tertiary/aromatic N) is 6. The highest BCUT2D eigenvalue weighted by Crippen LogP contribution is 2.47. The Balaban J connectivity index is 1.13. The summed E-state index contributed by atoms with van der Waals surface area (Å²) in [7, 11) is 0. The molecule has 0 N–H and O–H groups in total. The van der Waals surface area contributed by atoms with E-state index in [2.05, 4.69) is 232 Å². The number of benzene rings is 10. The van der Waals surface area contributed by atoms with E-state index in [1.165, 1.54) is 21.9 Å². The minimum atomic E-state index is 0.544. The molecular formula is C63H40N6. The lowest BCUT2D eigenvalue weighted by atomic mass is 10.0. The summed E-state index contributed by atoms with van der Waals surface area (Å²) in [6, 6.07) is 86.3. The molecule has 0 aliphatic carbocycles. The Bertz CT molecular complexity index is 4230. The number of hydrogen-bond donors (Lipinski definition) is 0. The first-order valence-corrected chi connectivity index (χ1v) is 23.4. The molecule has 0 aliphatic heterocycles. The third kappa shape index (κ3) is 6.16. The third-order valence-corrected chi connectivity index (χ3v) is 13.7. The van der Waals surface area contributed by atoms with Crippen LogP contribution in [0.25, 0.3) is 128 Å². The molecule has 0 bridgehead atoms. The van der Waals surface area contributed by atoms with Crippen LogP contribution in [-0.2, 0) is 0 Å². The quantitative estimate of drug-likeness (QED) is 0.160. The molecule has 10 aromatic carbocycles. The first-order chi connectivity index (χ1) is 34.2. The zero-order chi connectivity index (χ0) is 45.4. The van der Waals surface area contributed by atoms with Gasteiger partial charge in [0, 0.05) is 49.1 Å². The molecule has 0 saturated heterocycles. The van der Waals surface area contributed by atoms with Crippen molar-refractivity contribution in [2.24, 2.45) is 0 Å². The lowest BCUT2D eigenvalue weighted by Crippen LogP contribution is -2.07. The molecule has 0 saturated carbocycles. The van der Waals surface area contributed by atoms with E-state index in [1.54, 1.807) is 0 Å². The van der Waals surface area contributed by atoms with Crippen molar-refractivity contribution in [3.05, 3.63) is 243 Å². The van der Waals surface area contributed by atoms with Crippen molar-refractivity contribution >= 4 is 65.4 Å². The van der Waals surface area contributed by atoms with Gasteiger partial charge in [-0.15, -0.1) is 0 Å². The number of hydrogen-bond acceptors (Lipinski definition) is 3. The van der Waals surface area contributed by atoms with Gasteiger partial charge in [-0.05, 0) is 70.8 Å². The van der Waals surface area contributed by atoms with E-state index < -0.39 is 0 Å². The largest absolute Gasteiger partial charge is 0.307 e. The topological polar surface area (TPSA) is 53.5 Å². The van der Waals surface area contributed by atoms with Crippen molar-refractivity contribution in [3.63, 3.8) is 0 Å². The smallest absolute Gasteiger partial charge is 0.238 e. The minimum absolute atomic E-state index is 0.544. The van der Waals surface area contributed by atoms with Gasteiger partial charge in [-0.25, -0.2) is 4.98 Å². The lowest BCUT2D eigenvalue weighted by molar-refractivity contribution is 0.953. The fourth-order valence-corrected chi connectivity index (χ4v) is 10.6. The minimum Gasteiger partial charge on any atom is -0.307 e. The second kappa shape index (κ2) is 15.6. The van der Waals surface area contributed by atoms with E-state index in [0.29, 0.717) is 17.6 Å². The van der Waals surface area contributed by atoms with Crippen molar-refractivity contribution in [3.8, 4) is 62.4 Å². The number of para-hydroxylation sites is 4. The zero-order valence-corrected chi connectivity index (χ0v) is 37.3. The van der Waals surface area contributed by atoms with Gasteiger partial charge in [-0.3, -0.25) is 4.57 Å². The van der Waals surface area contributed by atoms with Crippen molar-refractivity contribution < 1.29 is 0 Å². The highest BCUT2D eigenvalue weighted by molar-refractivity contribution is 6.26.